The molecule has 0 bridgehead atoms. The van der Waals surface area contributed by atoms with E-state index in [1.807, 2.05) is 41.9 Å². The maximum Gasteiger partial charge on any atom is 0.237 e. The highest BCUT2D eigenvalue weighted by atomic mass is 35.5. The van der Waals surface area contributed by atoms with Crippen molar-refractivity contribution in [3.05, 3.63) is 59.4 Å². The molecule has 1 N–H and O–H groups in total. The summed E-state index contributed by atoms with van der Waals surface area (Å²) in [4.78, 5) is 17.4. The number of amides is 1. The molecule has 29 heavy (non-hydrogen) atoms. The number of nitrogens with one attached hydrogen (secondary N) is 1. The van der Waals surface area contributed by atoms with Gasteiger partial charge in [-0.15, -0.1) is 5.10 Å². The second kappa shape index (κ2) is 8.47. The van der Waals surface area contributed by atoms with E-state index in [1.54, 1.807) is 25.3 Å². The van der Waals surface area contributed by atoms with Crippen molar-refractivity contribution in [3.8, 4) is 11.4 Å². The second-order valence-corrected chi connectivity index (χ2v) is 8.61. The van der Waals surface area contributed by atoms with E-state index in [0.29, 0.717) is 27.5 Å². The lowest BCUT2D eigenvalue weighted by Gasteiger charge is -2.13. The molecule has 1 heterocycles. The van der Waals surface area contributed by atoms with Crippen molar-refractivity contribution in [1.29, 1.82) is 0 Å². The number of rotatable bonds is 7. The fourth-order valence-electron chi connectivity index (χ4n) is 2.94. The number of carbonyl (C=O) groups is 1. The molecule has 1 saturated carbocycles. The standard InChI is InChI=1S/C21H21ClN4O2S/c1-13(20(27)23-17-12-15(22)10-11-18(17)28-2)29-21-24-19(14-8-9-14)26(25-21)16-6-4-3-5-7-16/h3-7,10-14H,8-9H2,1-2H3,(H,23,27). The van der Waals surface area contributed by atoms with Gasteiger partial charge in [0.1, 0.15) is 11.6 Å². The molecule has 1 aromatic heterocycles. The predicted octanol–water partition coefficient (Wildman–Crippen LogP) is 4.93. The Labute approximate surface area is 178 Å². The van der Waals surface area contributed by atoms with Crippen molar-refractivity contribution in [2.45, 2.75) is 36.1 Å². The van der Waals surface area contributed by atoms with Crippen LogP contribution >= 0.6 is 23.4 Å². The van der Waals surface area contributed by atoms with Crippen LogP contribution in [0.25, 0.3) is 5.69 Å². The molecule has 150 valence electrons. The molecule has 1 atom stereocenters. The van der Waals surface area contributed by atoms with Gasteiger partial charge in [-0.3, -0.25) is 4.79 Å². The highest BCUT2D eigenvalue weighted by molar-refractivity contribution is 8.00. The van der Waals surface area contributed by atoms with Gasteiger partial charge in [0.2, 0.25) is 11.1 Å². The van der Waals surface area contributed by atoms with Gasteiger partial charge >= 0.3 is 0 Å². The van der Waals surface area contributed by atoms with Crippen LogP contribution in [0.4, 0.5) is 5.69 Å². The van der Waals surface area contributed by atoms with Crippen LogP contribution in [0.5, 0.6) is 5.75 Å². The third kappa shape index (κ3) is 4.57. The molecule has 0 radical (unpaired) electrons. The lowest BCUT2D eigenvalue weighted by Crippen LogP contribution is -2.22. The van der Waals surface area contributed by atoms with Gasteiger partial charge in [-0.05, 0) is 50.1 Å². The van der Waals surface area contributed by atoms with Crippen LogP contribution in [0, 0.1) is 0 Å². The molecule has 0 aliphatic heterocycles. The predicted molar refractivity (Wildman–Crippen MR) is 115 cm³/mol. The average molecular weight is 429 g/mol. The van der Waals surface area contributed by atoms with Crippen LogP contribution in [0.3, 0.4) is 0 Å². The van der Waals surface area contributed by atoms with Gasteiger partial charge in [-0.2, -0.15) is 0 Å². The van der Waals surface area contributed by atoms with Crippen molar-refractivity contribution >= 4 is 35.0 Å². The molecule has 1 aliphatic rings. The summed E-state index contributed by atoms with van der Waals surface area (Å²) < 4.78 is 7.19. The van der Waals surface area contributed by atoms with Gasteiger partial charge in [-0.25, -0.2) is 9.67 Å². The minimum atomic E-state index is -0.391. The van der Waals surface area contributed by atoms with Crippen LogP contribution in [0.1, 0.15) is 31.5 Å². The Morgan fingerprint density at radius 3 is 2.72 bits per heavy atom. The normalized spacial score (nSPS) is 14.4. The van der Waals surface area contributed by atoms with Crippen LogP contribution < -0.4 is 10.1 Å². The van der Waals surface area contributed by atoms with Crippen LogP contribution in [-0.2, 0) is 4.79 Å². The minimum absolute atomic E-state index is 0.167. The van der Waals surface area contributed by atoms with E-state index >= 15 is 0 Å². The summed E-state index contributed by atoms with van der Waals surface area (Å²) in [6.45, 7) is 1.83. The Kier molecular flexibility index (Phi) is 5.78. The largest absolute Gasteiger partial charge is 0.495 e. The molecule has 2 aromatic carbocycles. The molecule has 0 spiro atoms. The average Bonchev–Trinajstić information content (AvgIpc) is 3.49. The molecule has 1 aliphatic carbocycles. The molecule has 0 saturated heterocycles. The van der Waals surface area contributed by atoms with Gasteiger partial charge in [0.05, 0.1) is 23.7 Å². The van der Waals surface area contributed by atoms with Crippen molar-refractivity contribution in [1.82, 2.24) is 14.8 Å². The molecule has 8 heteroatoms. The maximum atomic E-state index is 12.7. The van der Waals surface area contributed by atoms with Gasteiger partial charge < -0.3 is 10.1 Å². The molecule has 4 rings (SSSR count). The maximum absolute atomic E-state index is 12.7. The van der Waals surface area contributed by atoms with E-state index in [0.717, 1.165) is 24.4 Å². The summed E-state index contributed by atoms with van der Waals surface area (Å²) in [6.07, 6.45) is 2.25. The number of anilines is 1. The fraction of sp³-hybridized carbons (Fsp3) is 0.286. The smallest absolute Gasteiger partial charge is 0.237 e. The lowest BCUT2D eigenvalue weighted by atomic mass is 10.3. The van der Waals surface area contributed by atoms with Gasteiger partial charge in [0.15, 0.2) is 0 Å². The molecule has 6 nitrogen and oxygen atoms in total. The Morgan fingerprint density at radius 1 is 1.28 bits per heavy atom. The van der Waals surface area contributed by atoms with E-state index < -0.39 is 5.25 Å². The van der Waals surface area contributed by atoms with Gasteiger partial charge in [-0.1, -0.05) is 41.6 Å². The highest BCUT2D eigenvalue weighted by Gasteiger charge is 2.31. The highest BCUT2D eigenvalue weighted by Crippen LogP contribution is 2.40. The summed E-state index contributed by atoms with van der Waals surface area (Å²) >= 11 is 7.38. The van der Waals surface area contributed by atoms with E-state index in [9.17, 15) is 4.79 Å². The van der Waals surface area contributed by atoms with Gasteiger partial charge in [0, 0.05) is 10.9 Å². The number of methoxy groups -OCH3 is 1. The Hall–Kier alpha value is -2.51. The molecule has 1 amide bonds. The van der Waals surface area contributed by atoms with Crippen molar-refractivity contribution < 1.29 is 9.53 Å². The van der Waals surface area contributed by atoms with Crippen molar-refractivity contribution in [2.75, 3.05) is 12.4 Å². The summed E-state index contributed by atoms with van der Waals surface area (Å²) in [5, 5.41) is 8.27. The Morgan fingerprint density at radius 2 is 2.03 bits per heavy atom. The van der Waals surface area contributed by atoms with Crippen LogP contribution in [0.15, 0.2) is 53.7 Å². The van der Waals surface area contributed by atoms with Crippen LogP contribution in [-0.4, -0.2) is 33.0 Å². The number of thioether (sulfide) groups is 1. The Bertz CT molecular complexity index is 1020. The zero-order valence-corrected chi connectivity index (χ0v) is 17.7. The first-order valence-corrected chi connectivity index (χ1v) is 10.6. The first-order valence-electron chi connectivity index (χ1n) is 9.38. The number of hydrogen-bond donors (Lipinski definition) is 1. The number of hydrogen-bond acceptors (Lipinski definition) is 5. The third-order valence-corrected chi connectivity index (χ3v) is 5.81. The summed E-state index contributed by atoms with van der Waals surface area (Å²) in [5.74, 6) is 1.79. The number of nitrogens with zero attached hydrogens (tertiary/aromatic N) is 3. The lowest BCUT2D eigenvalue weighted by molar-refractivity contribution is -0.115. The molecular weight excluding hydrogens is 408 g/mol. The van der Waals surface area contributed by atoms with Gasteiger partial charge in [0.25, 0.3) is 0 Å². The number of para-hydroxylation sites is 1. The molecular formula is C21H21ClN4O2S. The number of benzene rings is 2. The first-order chi connectivity index (χ1) is 14.0. The van der Waals surface area contributed by atoms with E-state index in [4.69, 9.17) is 21.3 Å². The SMILES string of the molecule is COc1ccc(Cl)cc1NC(=O)C(C)Sc1nc(C2CC2)n(-c2ccccc2)n1. The zero-order chi connectivity index (χ0) is 20.4. The van der Waals surface area contributed by atoms with E-state index in [2.05, 4.69) is 10.4 Å². The quantitative estimate of drug-likeness (QED) is 0.540. The van der Waals surface area contributed by atoms with Crippen molar-refractivity contribution in [2.24, 2.45) is 0 Å². The molecule has 1 unspecified atom stereocenters. The topological polar surface area (TPSA) is 69.0 Å². The Balaban J connectivity index is 1.50. The summed E-state index contributed by atoms with van der Waals surface area (Å²) in [7, 11) is 1.55. The first kappa shape index (κ1) is 19.8. The monoisotopic (exact) mass is 428 g/mol. The van der Waals surface area contributed by atoms with Crippen LogP contribution in [0.2, 0.25) is 5.02 Å². The second-order valence-electron chi connectivity index (χ2n) is 6.87. The summed E-state index contributed by atoms with van der Waals surface area (Å²) in [6, 6.07) is 15.1. The zero-order valence-electron chi connectivity index (χ0n) is 16.1. The fourth-order valence-corrected chi connectivity index (χ4v) is 3.87. The molecule has 1 fully saturated rings. The number of halogens is 1. The summed E-state index contributed by atoms with van der Waals surface area (Å²) in [5.41, 5.74) is 1.52. The van der Waals surface area contributed by atoms with Crippen molar-refractivity contribution in [3.63, 3.8) is 0 Å². The van der Waals surface area contributed by atoms with E-state index in [-0.39, 0.29) is 5.91 Å². The number of carbonyl (C=O) groups excluding carboxylic acids is 1. The van der Waals surface area contributed by atoms with E-state index in [1.165, 1.54) is 11.8 Å². The molecule has 3 aromatic rings. The number of ether oxygens (including phenoxy) is 1. The minimum Gasteiger partial charge on any atom is -0.495 e. The number of aromatic nitrogens is 3. The third-order valence-electron chi connectivity index (χ3n) is 4.63.